The van der Waals surface area contributed by atoms with Crippen molar-refractivity contribution in [3.8, 4) is 0 Å². The highest BCUT2D eigenvalue weighted by atomic mass is 32.1. The molecule has 0 saturated heterocycles. The molecule has 1 aliphatic rings. The van der Waals surface area contributed by atoms with Crippen molar-refractivity contribution in [2.45, 2.75) is 25.7 Å². The Balaban J connectivity index is 1.80. The van der Waals surface area contributed by atoms with Gasteiger partial charge in [-0.1, -0.05) is 12.1 Å². The molecular weight excluding hydrogens is 383 g/mol. The number of rotatable bonds is 5. The summed E-state index contributed by atoms with van der Waals surface area (Å²) in [7, 11) is 0. The number of nitrogens with zero attached hydrogens (tertiary/aromatic N) is 1. The lowest BCUT2D eigenvalue weighted by Crippen LogP contribution is -2.34. The van der Waals surface area contributed by atoms with E-state index in [9.17, 15) is 22.8 Å². The number of ether oxygens (including phenoxy) is 1. The Morgan fingerprint density at radius 3 is 2.52 bits per heavy atom. The molecule has 144 valence electrons. The molecule has 0 unspecified atom stereocenters. The van der Waals surface area contributed by atoms with Gasteiger partial charge in [-0.05, 0) is 29.3 Å². The molecule has 9 heteroatoms. The van der Waals surface area contributed by atoms with Gasteiger partial charge in [-0.25, -0.2) is 0 Å². The molecule has 0 fully saturated rings. The zero-order valence-electron chi connectivity index (χ0n) is 14.1. The number of aliphatic carboxylic acids is 1. The van der Waals surface area contributed by atoms with Gasteiger partial charge in [-0.3, -0.25) is 9.59 Å². The van der Waals surface area contributed by atoms with Gasteiger partial charge in [0.05, 0.1) is 23.7 Å². The van der Waals surface area contributed by atoms with Gasteiger partial charge in [0.25, 0.3) is 5.91 Å². The first-order valence-electron chi connectivity index (χ1n) is 8.10. The van der Waals surface area contributed by atoms with Crippen LogP contribution in [0.2, 0.25) is 0 Å². The molecule has 0 radical (unpaired) electrons. The Labute approximate surface area is 157 Å². The van der Waals surface area contributed by atoms with Gasteiger partial charge < -0.3 is 14.7 Å². The van der Waals surface area contributed by atoms with Gasteiger partial charge in [0.2, 0.25) is 0 Å². The molecule has 27 heavy (non-hydrogen) atoms. The zero-order valence-corrected chi connectivity index (χ0v) is 14.9. The summed E-state index contributed by atoms with van der Waals surface area (Å²) in [4.78, 5) is 26.5. The average molecular weight is 399 g/mol. The summed E-state index contributed by atoms with van der Waals surface area (Å²) in [6.07, 6.45) is -3.75. The van der Waals surface area contributed by atoms with Crippen molar-refractivity contribution in [3.63, 3.8) is 0 Å². The van der Waals surface area contributed by atoms with Crippen molar-refractivity contribution < 1.29 is 32.6 Å². The quantitative estimate of drug-likeness (QED) is 0.835. The number of hydrogen-bond acceptors (Lipinski definition) is 4. The minimum Gasteiger partial charge on any atom is -0.480 e. The van der Waals surface area contributed by atoms with Gasteiger partial charge in [0, 0.05) is 17.8 Å². The van der Waals surface area contributed by atoms with Crippen LogP contribution in [0.4, 0.5) is 13.2 Å². The smallest absolute Gasteiger partial charge is 0.416 e. The number of carbonyl (C=O) groups is 2. The molecular formula is C18H16F3NO4S. The average Bonchev–Trinajstić information content (AvgIpc) is 3.04. The maximum atomic E-state index is 12.8. The summed E-state index contributed by atoms with van der Waals surface area (Å²) in [5.41, 5.74) is 0.537. The van der Waals surface area contributed by atoms with E-state index in [2.05, 4.69) is 0 Å². The van der Waals surface area contributed by atoms with Crippen LogP contribution in [0.25, 0.3) is 0 Å². The van der Waals surface area contributed by atoms with Crippen LogP contribution >= 0.6 is 11.3 Å². The molecule has 0 bridgehead atoms. The maximum absolute atomic E-state index is 12.8. The molecule has 1 N–H and O–H groups in total. The van der Waals surface area contributed by atoms with Crippen molar-refractivity contribution in [2.75, 3.05) is 13.2 Å². The lowest BCUT2D eigenvalue weighted by atomic mass is 10.1. The minimum atomic E-state index is -4.45. The maximum Gasteiger partial charge on any atom is 0.416 e. The molecule has 2 heterocycles. The molecule has 1 aromatic heterocycles. The summed E-state index contributed by atoms with van der Waals surface area (Å²) >= 11 is 1.30. The first-order valence-corrected chi connectivity index (χ1v) is 8.92. The van der Waals surface area contributed by atoms with E-state index in [-0.39, 0.29) is 6.54 Å². The second-order valence-corrected chi connectivity index (χ2v) is 7.25. The van der Waals surface area contributed by atoms with Crippen LogP contribution in [-0.2, 0) is 35.3 Å². The normalized spacial score (nSPS) is 13.9. The van der Waals surface area contributed by atoms with Crippen molar-refractivity contribution in [1.29, 1.82) is 0 Å². The van der Waals surface area contributed by atoms with Crippen molar-refractivity contribution >= 4 is 23.2 Å². The second kappa shape index (κ2) is 7.69. The van der Waals surface area contributed by atoms with Gasteiger partial charge >= 0.3 is 12.1 Å². The third kappa shape index (κ3) is 4.67. The topological polar surface area (TPSA) is 66.8 Å². The molecule has 1 aromatic carbocycles. The number of fused-ring (bicyclic) bond motifs is 1. The van der Waals surface area contributed by atoms with Crippen molar-refractivity contribution in [2.24, 2.45) is 0 Å². The Morgan fingerprint density at radius 2 is 1.93 bits per heavy atom. The largest absolute Gasteiger partial charge is 0.480 e. The molecule has 5 nitrogen and oxygen atoms in total. The van der Waals surface area contributed by atoms with Crippen LogP contribution in [0.1, 0.15) is 31.2 Å². The summed E-state index contributed by atoms with van der Waals surface area (Å²) in [6.45, 7) is 0.351. The molecule has 3 rings (SSSR count). The third-order valence-electron chi connectivity index (χ3n) is 4.11. The molecule has 1 aliphatic heterocycles. The predicted molar refractivity (Wildman–Crippen MR) is 91.5 cm³/mol. The number of alkyl halides is 3. The van der Waals surface area contributed by atoms with E-state index < -0.39 is 30.2 Å². The number of benzene rings is 1. The third-order valence-corrected chi connectivity index (χ3v) is 5.33. The highest BCUT2D eigenvalue weighted by Gasteiger charge is 2.30. The highest BCUT2D eigenvalue weighted by Crippen LogP contribution is 2.30. The van der Waals surface area contributed by atoms with E-state index in [0.29, 0.717) is 30.1 Å². The van der Waals surface area contributed by atoms with Gasteiger partial charge in [-0.15, -0.1) is 11.3 Å². The first kappa shape index (κ1) is 19.4. The van der Waals surface area contributed by atoms with Crippen LogP contribution < -0.4 is 0 Å². The number of carboxylic acids is 1. The monoisotopic (exact) mass is 399 g/mol. The molecule has 0 saturated carbocycles. The predicted octanol–water partition coefficient (Wildman–Crippen LogP) is 3.57. The fraction of sp³-hybridized carbons (Fsp3) is 0.333. The van der Waals surface area contributed by atoms with Crippen LogP contribution in [0.15, 0.2) is 30.3 Å². The van der Waals surface area contributed by atoms with Crippen molar-refractivity contribution in [1.82, 2.24) is 4.90 Å². The summed E-state index contributed by atoms with van der Waals surface area (Å²) in [5.74, 6) is -1.66. The van der Waals surface area contributed by atoms with Crippen LogP contribution in [-0.4, -0.2) is 35.0 Å². The van der Waals surface area contributed by atoms with E-state index in [1.807, 2.05) is 0 Å². The lowest BCUT2D eigenvalue weighted by molar-refractivity contribution is -0.138. The van der Waals surface area contributed by atoms with E-state index in [0.717, 1.165) is 27.5 Å². The molecule has 0 aliphatic carbocycles. The number of amides is 1. The van der Waals surface area contributed by atoms with E-state index >= 15 is 0 Å². The Kier molecular flexibility index (Phi) is 5.52. The number of thiophene rings is 1. The van der Waals surface area contributed by atoms with Crippen LogP contribution in [0, 0.1) is 0 Å². The van der Waals surface area contributed by atoms with Crippen LogP contribution in [0.5, 0.6) is 0 Å². The number of carbonyl (C=O) groups excluding carboxylic acids is 1. The fourth-order valence-electron chi connectivity index (χ4n) is 2.79. The SMILES string of the molecule is O=C(O)CN(Cc1ccc(C(F)(F)F)cc1)C(=O)c1cc2c(s1)CCOC2. The molecule has 0 atom stereocenters. The Bertz CT molecular complexity index is 822. The number of halogens is 3. The molecule has 2 aromatic rings. The summed E-state index contributed by atoms with van der Waals surface area (Å²) < 4.78 is 43.3. The lowest BCUT2D eigenvalue weighted by Gasteiger charge is -2.20. The van der Waals surface area contributed by atoms with E-state index in [4.69, 9.17) is 9.84 Å². The molecule has 0 spiro atoms. The summed E-state index contributed by atoms with van der Waals surface area (Å²) in [6, 6.07) is 6.03. The highest BCUT2D eigenvalue weighted by molar-refractivity contribution is 7.14. The number of carboxylic acid groups (broad SMARTS) is 1. The van der Waals surface area contributed by atoms with Gasteiger partial charge in [-0.2, -0.15) is 13.2 Å². The number of hydrogen-bond donors (Lipinski definition) is 1. The van der Waals surface area contributed by atoms with E-state index in [1.165, 1.54) is 23.5 Å². The van der Waals surface area contributed by atoms with Crippen LogP contribution in [0.3, 0.4) is 0 Å². The van der Waals surface area contributed by atoms with Gasteiger partial charge in [0.15, 0.2) is 0 Å². The van der Waals surface area contributed by atoms with Crippen molar-refractivity contribution in [3.05, 3.63) is 56.8 Å². The Hall–Kier alpha value is -2.39. The second-order valence-electron chi connectivity index (χ2n) is 6.11. The standard InChI is InChI=1S/C18H16F3NO4S/c19-18(20,21)13-3-1-11(2-4-13)8-22(9-16(23)24)17(25)15-7-12-10-26-6-5-14(12)27-15/h1-4,7H,5-6,8-10H2,(H,23,24). The zero-order chi connectivity index (χ0) is 19.6. The van der Waals surface area contributed by atoms with E-state index in [1.54, 1.807) is 6.07 Å². The first-order chi connectivity index (χ1) is 12.7. The summed E-state index contributed by atoms with van der Waals surface area (Å²) in [5, 5.41) is 9.11. The van der Waals surface area contributed by atoms with Gasteiger partial charge in [0.1, 0.15) is 6.54 Å². The minimum absolute atomic E-state index is 0.0949. The molecule has 1 amide bonds. The fourth-order valence-corrected chi connectivity index (χ4v) is 3.91. The Morgan fingerprint density at radius 1 is 1.22 bits per heavy atom.